The molecule has 1 aromatic rings. The summed E-state index contributed by atoms with van der Waals surface area (Å²) in [5, 5.41) is 22.3. The van der Waals surface area contributed by atoms with Crippen molar-refractivity contribution in [3.63, 3.8) is 0 Å². The van der Waals surface area contributed by atoms with Crippen molar-refractivity contribution < 1.29 is 34.0 Å². The van der Waals surface area contributed by atoms with Crippen LogP contribution in [-0.2, 0) is 9.53 Å². The summed E-state index contributed by atoms with van der Waals surface area (Å²) in [6.07, 6.45) is -0.236. The molecule has 28 heavy (non-hydrogen) atoms. The standard InChI is InChI=1S/C21H26O7/c1-5-6-20-9-13(22)18(23)21(26-4,19(20)24)16(11(20)2)12-7-14(25-3)17-15(8-12)27-10-28-17/h5,7-8,11,16,18-19,23-24H,1,6,9-10H2,2-4H3/t11-,16+,18-,19-,20-,21+/m1/s1. The number of allylic oxidation sites excluding steroid dienone is 1. The van der Waals surface area contributed by atoms with Crippen molar-refractivity contribution in [2.45, 2.75) is 43.5 Å². The first-order valence-electron chi connectivity index (χ1n) is 9.39. The van der Waals surface area contributed by atoms with Gasteiger partial charge in [0.1, 0.15) is 11.7 Å². The summed E-state index contributed by atoms with van der Waals surface area (Å²) >= 11 is 0. The maximum Gasteiger partial charge on any atom is 0.231 e. The second-order valence-corrected chi connectivity index (χ2v) is 7.96. The Morgan fingerprint density at radius 2 is 2.07 bits per heavy atom. The third-order valence-corrected chi connectivity index (χ3v) is 7.02. The van der Waals surface area contributed by atoms with Crippen molar-refractivity contribution in [2.24, 2.45) is 11.3 Å². The van der Waals surface area contributed by atoms with Crippen molar-refractivity contribution >= 4 is 5.78 Å². The number of ether oxygens (including phenoxy) is 4. The number of methoxy groups -OCH3 is 2. The van der Waals surface area contributed by atoms with E-state index in [4.69, 9.17) is 18.9 Å². The molecule has 2 fully saturated rings. The monoisotopic (exact) mass is 390 g/mol. The Kier molecular flexibility index (Phi) is 4.45. The third kappa shape index (κ3) is 2.18. The summed E-state index contributed by atoms with van der Waals surface area (Å²) in [5.41, 5.74) is -1.46. The van der Waals surface area contributed by atoms with Crippen molar-refractivity contribution in [3.05, 3.63) is 30.4 Å². The average molecular weight is 390 g/mol. The lowest BCUT2D eigenvalue weighted by molar-refractivity contribution is -0.199. The maximum absolute atomic E-state index is 12.7. The quantitative estimate of drug-likeness (QED) is 0.741. The van der Waals surface area contributed by atoms with Crippen LogP contribution >= 0.6 is 0 Å². The summed E-state index contributed by atoms with van der Waals surface area (Å²) < 4.78 is 22.3. The van der Waals surface area contributed by atoms with Crippen molar-refractivity contribution in [1.82, 2.24) is 0 Å². The largest absolute Gasteiger partial charge is 0.493 e. The molecule has 1 heterocycles. The van der Waals surface area contributed by atoms with E-state index >= 15 is 0 Å². The molecule has 2 saturated carbocycles. The van der Waals surface area contributed by atoms with E-state index in [0.29, 0.717) is 23.7 Å². The first-order valence-corrected chi connectivity index (χ1v) is 9.39. The van der Waals surface area contributed by atoms with E-state index < -0.39 is 29.1 Å². The van der Waals surface area contributed by atoms with Gasteiger partial charge in [0, 0.05) is 24.9 Å². The molecule has 6 atom stereocenters. The molecule has 0 radical (unpaired) electrons. The second-order valence-electron chi connectivity index (χ2n) is 7.96. The Morgan fingerprint density at radius 1 is 1.32 bits per heavy atom. The van der Waals surface area contributed by atoms with E-state index in [2.05, 4.69) is 6.58 Å². The van der Waals surface area contributed by atoms with Gasteiger partial charge in [0.15, 0.2) is 17.3 Å². The molecule has 0 saturated heterocycles. The van der Waals surface area contributed by atoms with Gasteiger partial charge in [-0.05, 0) is 30.0 Å². The van der Waals surface area contributed by atoms with E-state index in [1.807, 2.05) is 19.1 Å². The van der Waals surface area contributed by atoms with Gasteiger partial charge in [0.05, 0.1) is 13.2 Å². The molecule has 152 valence electrons. The van der Waals surface area contributed by atoms with Crippen LogP contribution in [0.25, 0.3) is 0 Å². The second kappa shape index (κ2) is 6.47. The highest BCUT2D eigenvalue weighted by atomic mass is 16.7. The molecule has 0 aromatic heterocycles. The molecule has 1 aromatic carbocycles. The van der Waals surface area contributed by atoms with E-state index in [9.17, 15) is 15.0 Å². The topological polar surface area (TPSA) is 94.5 Å². The first kappa shape index (κ1) is 19.2. The van der Waals surface area contributed by atoms with Gasteiger partial charge >= 0.3 is 0 Å². The average Bonchev–Trinajstić information content (AvgIpc) is 3.21. The number of Topliss-reactive ketones (excluding diaryl/α,β-unsaturated/α-hetero) is 1. The van der Waals surface area contributed by atoms with Gasteiger partial charge < -0.3 is 29.2 Å². The van der Waals surface area contributed by atoms with Crippen molar-refractivity contribution in [1.29, 1.82) is 0 Å². The molecule has 7 nitrogen and oxygen atoms in total. The van der Waals surface area contributed by atoms with Crippen LogP contribution in [0.15, 0.2) is 24.8 Å². The van der Waals surface area contributed by atoms with Gasteiger partial charge in [-0.2, -0.15) is 0 Å². The van der Waals surface area contributed by atoms with Gasteiger partial charge in [0.25, 0.3) is 0 Å². The fourth-order valence-corrected chi connectivity index (χ4v) is 5.71. The Bertz CT molecular complexity index is 821. The number of benzene rings is 1. The SMILES string of the molecule is C=CC[C@@]12CC(=O)[C@@H](O)[C@@](OC)([C@H](c3cc(OC)c4c(c3)OCO4)[C@H]1C)[C@@H]2O. The Labute approximate surface area is 163 Å². The maximum atomic E-state index is 12.7. The van der Waals surface area contributed by atoms with Gasteiger partial charge in [-0.15, -0.1) is 6.58 Å². The molecule has 7 heteroatoms. The summed E-state index contributed by atoms with van der Waals surface area (Å²) in [5.74, 6) is 0.588. The molecular weight excluding hydrogens is 364 g/mol. The minimum Gasteiger partial charge on any atom is -0.493 e. The zero-order valence-corrected chi connectivity index (χ0v) is 16.3. The molecule has 0 spiro atoms. The van der Waals surface area contributed by atoms with E-state index in [1.54, 1.807) is 6.08 Å². The van der Waals surface area contributed by atoms with Crippen LogP contribution in [0, 0.1) is 11.3 Å². The zero-order valence-electron chi connectivity index (χ0n) is 16.3. The van der Waals surface area contributed by atoms with Crippen LogP contribution in [0.1, 0.15) is 31.2 Å². The number of aliphatic hydroxyl groups excluding tert-OH is 2. The summed E-state index contributed by atoms with van der Waals surface area (Å²) in [7, 11) is 2.97. The highest BCUT2D eigenvalue weighted by Gasteiger charge is 2.73. The van der Waals surface area contributed by atoms with Crippen molar-refractivity contribution in [3.8, 4) is 17.2 Å². The van der Waals surface area contributed by atoms with Crippen LogP contribution in [0.4, 0.5) is 0 Å². The number of aliphatic hydroxyl groups is 2. The lowest BCUT2D eigenvalue weighted by atomic mass is 9.65. The molecule has 4 rings (SSSR count). The normalized spacial score (nSPS) is 38.5. The molecule has 2 bridgehead atoms. The van der Waals surface area contributed by atoms with E-state index in [1.165, 1.54) is 14.2 Å². The number of hydrogen-bond donors (Lipinski definition) is 2. The number of carbonyl (C=O) groups excluding carboxylic acids is 1. The van der Waals surface area contributed by atoms with Crippen LogP contribution < -0.4 is 14.2 Å². The van der Waals surface area contributed by atoms with Crippen LogP contribution in [0.2, 0.25) is 0 Å². The summed E-state index contributed by atoms with van der Waals surface area (Å²) in [6.45, 7) is 5.90. The number of ketones is 1. The Morgan fingerprint density at radius 3 is 2.71 bits per heavy atom. The third-order valence-electron chi connectivity index (χ3n) is 7.02. The predicted octanol–water partition coefficient (Wildman–Crippen LogP) is 1.80. The molecule has 2 N–H and O–H groups in total. The molecular formula is C21H26O7. The highest BCUT2D eigenvalue weighted by molar-refractivity contribution is 5.87. The molecule has 1 aliphatic heterocycles. The fraction of sp³-hybridized carbons (Fsp3) is 0.571. The minimum absolute atomic E-state index is 0.0752. The highest BCUT2D eigenvalue weighted by Crippen LogP contribution is 2.65. The van der Waals surface area contributed by atoms with E-state index in [-0.39, 0.29) is 24.9 Å². The number of fused-ring (bicyclic) bond motifs is 3. The van der Waals surface area contributed by atoms with Gasteiger partial charge in [-0.3, -0.25) is 4.79 Å². The lowest BCUT2D eigenvalue weighted by Crippen LogP contribution is -2.63. The number of carbonyl (C=O) groups is 1. The Hall–Kier alpha value is -2.09. The number of hydrogen-bond acceptors (Lipinski definition) is 7. The van der Waals surface area contributed by atoms with Crippen LogP contribution in [0.5, 0.6) is 17.2 Å². The van der Waals surface area contributed by atoms with E-state index in [0.717, 1.165) is 5.56 Å². The first-order chi connectivity index (χ1) is 13.4. The van der Waals surface area contributed by atoms with Crippen LogP contribution in [0.3, 0.4) is 0 Å². The van der Waals surface area contributed by atoms with Crippen molar-refractivity contribution in [2.75, 3.05) is 21.0 Å². The fourth-order valence-electron chi connectivity index (χ4n) is 5.71. The van der Waals surface area contributed by atoms with Gasteiger partial charge in [-0.25, -0.2) is 0 Å². The molecule has 0 unspecified atom stereocenters. The molecule has 3 aliphatic rings. The minimum atomic E-state index is -1.46. The lowest BCUT2D eigenvalue weighted by Gasteiger charge is -2.46. The van der Waals surface area contributed by atoms with Crippen LogP contribution in [-0.4, -0.2) is 54.8 Å². The smallest absolute Gasteiger partial charge is 0.231 e. The predicted molar refractivity (Wildman–Crippen MR) is 99.6 cm³/mol. The van der Waals surface area contributed by atoms with Gasteiger partial charge in [-0.1, -0.05) is 13.0 Å². The Balaban J connectivity index is 1.93. The molecule has 0 amide bonds. The zero-order chi connectivity index (χ0) is 20.3. The summed E-state index contributed by atoms with van der Waals surface area (Å²) in [4.78, 5) is 12.7. The molecule has 2 aliphatic carbocycles. The van der Waals surface area contributed by atoms with Gasteiger partial charge in [0.2, 0.25) is 12.5 Å². The number of rotatable bonds is 5. The summed E-state index contributed by atoms with van der Waals surface area (Å²) in [6, 6.07) is 3.63.